The molecule has 1 N–H and O–H groups in total. The molecule has 3 fully saturated rings. The second-order valence-corrected chi connectivity index (χ2v) is 11.5. The molecular formula is C31H42N4O2. The van der Waals surface area contributed by atoms with Crippen LogP contribution in [-0.2, 0) is 11.2 Å². The summed E-state index contributed by atoms with van der Waals surface area (Å²) in [5, 5.41) is 3.28. The monoisotopic (exact) mass is 502 g/mol. The topological polar surface area (TPSA) is 65.5 Å². The van der Waals surface area contributed by atoms with Gasteiger partial charge in [0, 0.05) is 37.8 Å². The zero-order valence-corrected chi connectivity index (χ0v) is 22.5. The average molecular weight is 503 g/mol. The van der Waals surface area contributed by atoms with Crippen LogP contribution < -0.4 is 5.32 Å². The molecule has 5 rings (SSSR count). The van der Waals surface area contributed by atoms with Crippen LogP contribution in [0.15, 0.2) is 42.6 Å². The van der Waals surface area contributed by atoms with Crippen molar-refractivity contribution in [2.75, 3.05) is 32.7 Å². The van der Waals surface area contributed by atoms with E-state index in [4.69, 9.17) is 0 Å². The maximum Gasteiger partial charge on any atom is 0.255 e. The van der Waals surface area contributed by atoms with Crippen molar-refractivity contribution in [2.45, 2.75) is 64.8 Å². The summed E-state index contributed by atoms with van der Waals surface area (Å²) < 4.78 is 0. The van der Waals surface area contributed by atoms with Crippen LogP contribution in [0.4, 0.5) is 0 Å². The normalized spacial score (nSPS) is 20.5. The van der Waals surface area contributed by atoms with Gasteiger partial charge in [-0.05, 0) is 101 Å². The number of piperidine rings is 2. The summed E-state index contributed by atoms with van der Waals surface area (Å²) in [7, 11) is 0. The van der Waals surface area contributed by atoms with Crippen molar-refractivity contribution in [1.29, 1.82) is 0 Å². The number of pyridine rings is 1. The predicted octanol–water partition coefficient (Wildman–Crippen LogP) is 4.40. The van der Waals surface area contributed by atoms with E-state index >= 15 is 0 Å². The minimum atomic E-state index is 0.0498. The summed E-state index contributed by atoms with van der Waals surface area (Å²) in [6.07, 6.45) is 9.30. The summed E-state index contributed by atoms with van der Waals surface area (Å²) >= 11 is 0. The highest BCUT2D eigenvalue weighted by atomic mass is 16.2. The van der Waals surface area contributed by atoms with Gasteiger partial charge in [-0.25, -0.2) is 0 Å². The lowest BCUT2D eigenvalue weighted by Crippen LogP contribution is -2.50. The van der Waals surface area contributed by atoms with E-state index in [1.807, 2.05) is 30.9 Å². The van der Waals surface area contributed by atoms with Crippen LogP contribution in [0.2, 0.25) is 0 Å². The first-order valence-electron chi connectivity index (χ1n) is 14.3. The highest BCUT2D eigenvalue weighted by Gasteiger charge is 2.35. The van der Waals surface area contributed by atoms with Crippen molar-refractivity contribution in [2.24, 2.45) is 17.8 Å². The number of rotatable bonds is 8. The number of hydrogen-bond acceptors (Lipinski definition) is 4. The molecular weight excluding hydrogens is 460 g/mol. The Bertz CT molecular complexity index is 1050. The van der Waals surface area contributed by atoms with Crippen LogP contribution in [0, 0.1) is 31.6 Å². The van der Waals surface area contributed by atoms with E-state index in [-0.39, 0.29) is 17.7 Å². The molecule has 0 radical (unpaired) electrons. The van der Waals surface area contributed by atoms with Gasteiger partial charge in [-0.1, -0.05) is 30.3 Å². The Labute approximate surface area is 221 Å². The van der Waals surface area contributed by atoms with Crippen molar-refractivity contribution >= 4 is 11.8 Å². The van der Waals surface area contributed by atoms with Gasteiger partial charge in [-0.3, -0.25) is 14.6 Å². The fourth-order valence-corrected chi connectivity index (χ4v) is 6.34. The Hall–Kier alpha value is -2.73. The van der Waals surface area contributed by atoms with Gasteiger partial charge in [0.2, 0.25) is 5.91 Å². The van der Waals surface area contributed by atoms with Crippen molar-refractivity contribution in [1.82, 2.24) is 20.1 Å². The highest BCUT2D eigenvalue weighted by Crippen LogP contribution is 2.32. The van der Waals surface area contributed by atoms with Gasteiger partial charge in [0.25, 0.3) is 5.91 Å². The summed E-state index contributed by atoms with van der Waals surface area (Å²) in [5.74, 6) is 1.55. The van der Waals surface area contributed by atoms with Crippen molar-refractivity contribution in [3.05, 3.63) is 65.0 Å². The molecule has 198 valence electrons. The van der Waals surface area contributed by atoms with Gasteiger partial charge in [0.15, 0.2) is 0 Å². The highest BCUT2D eigenvalue weighted by molar-refractivity contribution is 5.96. The maximum atomic E-state index is 13.3. The van der Waals surface area contributed by atoms with Crippen LogP contribution in [-0.4, -0.2) is 65.4 Å². The lowest BCUT2D eigenvalue weighted by Gasteiger charge is -2.43. The Morgan fingerprint density at radius 2 is 1.65 bits per heavy atom. The largest absolute Gasteiger partial charge is 0.356 e. The molecule has 1 saturated carbocycles. The van der Waals surface area contributed by atoms with E-state index in [2.05, 4.69) is 39.5 Å². The van der Waals surface area contributed by atoms with E-state index in [9.17, 15) is 9.59 Å². The molecule has 2 saturated heterocycles. The number of aromatic nitrogens is 1. The van der Waals surface area contributed by atoms with Gasteiger partial charge in [0.1, 0.15) is 0 Å². The third-order valence-electron chi connectivity index (χ3n) is 8.87. The van der Waals surface area contributed by atoms with Crippen LogP contribution in [0.5, 0.6) is 0 Å². The molecule has 3 aliphatic rings. The van der Waals surface area contributed by atoms with E-state index in [0.717, 1.165) is 81.6 Å². The van der Waals surface area contributed by atoms with Gasteiger partial charge < -0.3 is 15.1 Å². The molecule has 0 spiro atoms. The van der Waals surface area contributed by atoms with Crippen molar-refractivity contribution < 1.29 is 9.59 Å². The Morgan fingerprint density at radius 1 is 0.946 bits per heavy atom. The average Bonchev–Trinajstić information content (AvgIpc) is 3.76. The lowest BCUT2D eigenvalue weighted by molar-refractivity contribution is -0.127. The summed E-state index contributed by atoms with van der Waals surface area (Å²) in [5.41, 5.74) is 3.85. The number of benzene rings is 1. The van der Waals surface area contributed by atoms with Gasteiger partial charge in [-0.15, -0.1) is 0 Å². The smallest absolute Gasteiger partial charge is 0.255 e. The van der Waals surface area contributed by atoms with Crippen LogP contribution in [0.3, 0.4) is 0 Å². The molecule has 1 aliphatic carbocycles. The van der Waals surface area contributed by atoms with Crippen molar-refractivity contribution in [3.63, 3.8) is 0 Å². The number of likely N-dealkylation sites (tertiary alicyclic amines) is 2. The Balaban J connectivity index is 1.14. The molecule has 6 heteroatoms. The third kappa shape index (κ3) is 6.40. The summed E-state index contributed by atoms with van der Waals surface area (Å²) in [4.78, 5) is 35.4. The number of nitrogens with zero attached hydrogens (tertiary/aromatic N) is 3. The number of carbonyl (C=O) groups is 2. The van der Waals surface area contributed by atoms with Gasteiger partial charge in [-0.2, -0.15) is 0 Å². The minimum Gasteiger partial charge on any atom is -0.356 e. The zero-order chi connectivity index (χ0) is 25.8. The zero-order valence-electron chi connectivity index (χ0n) is 22.5. The standard InChI is InChI=1S/C31H42N4O2/c1-22-10-15-32-23(2)29(22)31(37)35-18-13-27(14-19-35)34-16-11-26(12-17-34)28(20-24-6-4-3-5-7-24)30(36)33-21-25-8-9-25/h3-7,10,15,25-28H,8-9,11-14,16-21H2,1-2H3,(H,33,36). The second-order valence-electron chi connectivity index (χ2n) is 11.5. The molecule has 37 heavy (non-hydrogen) atoms. The molecule has 2 amide bonds. The van der Waals surface area contributed by atoms with Gasteiger partial charge in [0.05, 0.1) is 11.3 Å². The third-order valence-corrected chi connectivity index (χ3v) is 8.87. The summed E-state index contributed by atoms with van der Waals surface area (Å²) in [6.45, 7) is 8.47. The first-order valence-corrected chi connectivity index (χ1v) is 14.3. The van der Waals surface area contributed by atoms with Gasteiger partial charge >= 0.3 is 0 Å². The molecule has 2 aromatic rings. The lowest BCUT2D eigenvalue weighted by atomic mass is 9.79. The Kier molecular flexibility index (Phi) is 8.23. The number of nitrogens with one attached hydrogen (secondary N) is 1. The second kappa shape index (κ2) is 11.8. The number of amides is 2. The first-order chi connectivity index (χ1) is 18.0. The predicted molar refractivity (Wildman–Crippen MR) is 146 cm³/mol. The number of aryl methyl sites for hydroxylation is 2. The quantitative estimate of drug-likeness (QED) is 0.581. The van der Waals surface area contributed by atoms with Crippen LogP contribution in [0.25, 0.3) is 0 Å². The molecule has 1 aromatic heterocycles. The molecule has 3 heterocycles. The molecule has 1 unspecified atom stereocenters. The van der Waals surface area contributed by atoms with Crippen molar-refractivity contribution in [3.8, 4) is 0 Å². The van der Waals surface area contributed by atoms with Crippen LogP contribution >= 0.6 is 0 Å². The summed E-state index contributed by atoms with van der Waals surface area (Å²) in [6, 6.07) is 12.9. The fourth-order valence-electron chi connectivity index (χ4n) is 6.34. The van der Waals surface area contributed by atoms with E-state index in [0.29, 0.717) is 17.9 Å². The molecule has 1 atom stereocenters. The van der Waals surface area contributed by atoms with E-state index in [1.54, 1.807) is 6.20 Å². The molecule has 1 aromatic carbocycles. The number of hydrogen-bond donors (Lipinski definition) is 1. The molecule has 0 bridgehead atoms. The number of carbonyl (C=O) groups excluding carboxylic acids is 2. The minimum absolute atomic E-state index is 0.0498. The van der Waals surface area contributed by atoms with Crippen LogP contribution in [0.1, 0.15) is 65.7 Å². The SMILES string of the molecule is Cc1ccnc(C)c1C(=O)N1CCC(N2CCC(C(Cc3ccccc3)C(=O)NCC3CC3)CC2)CC1. The van der Waals surface area contributed by atoms with E-state index < -0.39 is 0 Å². The fraction of sp³-hybridized carbons (Fsp3) is 0.581. The first kappa shape index (κ1) is 25.9. The maximum absolute atomic E-state index is 13.3. The van der Waals surface area contributed by atoms with E-state index in [1.165, 1.54) is 18.4 Å². The molecule has 6 nitrogen and oxygen atoms in total. The molecule has 2 aliphatic heterocycles. The Morgan fingerprint density at radius 3 is 2.30 bits per heavy atom.